The topological polar surface area (TPSA) is 18.5 Å². The number of hydrogen-bond acceptors (Lipinski definition) is 2. The Labute approximate surface area is 51.5 Å². The third kappa shape index (κ3) is 5.98. The molecule has 0 saturated heterocycles. The van der Waals surface area contributed by atoms with Gasteiger partial charge in [0.05, 0.1) is 0 Å². The molecule has 0 aliphatic carbocycles. The van der Waals surface area contributed by atoms with Crippen molar-refractivity contribution in [1.29, 1.82) is 0 Å². The molecule has 1 radical (unpaired) electrons. The Kier molecular flexibility index (Phi) is 5.12. The van der Waals surface area contributed by atoms with Crippen LogP contribution in [-0.2, 0) is 9.31 Å². The van der Waals surface area contributed by atoms with Crippen LogP contribution in [0, 0.1) is 5.92 Å². The van der Waals surface area contributed by atoms with Gasteiger partial charge in [0.2, 0.25) is 0 Å². The molecule has 0 aliphatic heterocycles. The number of hydrogen-bond donors (Lipinski definition) is 0. The molecule has 0 unspecified atom stereocenters. The first kappa shape index (κ1) is 7.98. The zero-order chi connectivity index (χ0) is 6.41. The van der Waals surface area contributed by atoms with E-state index in [4.69, 9.17) is 4.65 Å². The predicted octanol–water partition coefficient (Wildman–Crippen LogP) is 0.840. The summed E-state index contributed by atoms with van der Waals surface area (Å²) in [5.74, 6) is 0.571. The van der Waals surface area contributed by atoms with E-state index in [9.17, 15) is 0 Å². The van der Waals surface area contributed by atoms with Gasteiger partial charge < -0.3 is 9.31 Å². The molecule has 0 amide bonds. The molecule has 0 saturated carbocycles. The van der Waals surface area contributed by atoms with Crippen LogP contribution in [0.5, 0.6) is 0 Å². The predicted molar refractivity (Wildman–Crippen MR) is 33.6 cm³/mol. The van der Waals surface area contributed by atoms with Crippen LogP contribution >= 0.6 is 0 Å². The first-order valence-electron chi connectivity index (χ1n) is 2.73. The third-order valence-corrected chi connectivity index (χ3v) is 0.594. The van der Waals surface area contributed by atoms with E-state index in [0.29, 0.717) is 5.92 Å². The Bertz CT molecular complexity index is 47.7. The Morgan fingerprint density at radius 2 is 2.12 bits per heavy atom. The molecule has 0 atom stereocenters. The molecule has 0 heterocycles. The zero-order valence-electron chi connectivity index (χ0n) is 5.68. The zero-order valence-corrected chi connectivity index (χ0v) is 5.68. The van der Waals surface area contributed by atoms with Crippen LogP contribution in [0.1, 0.15) is 13.8 Å². The van der Waals surface area contributed by atoms with E-state index < -0.39 is 0 Å². The van der Waals surface area contributed by atoms with E-state index in [1.165, 1.54) is 7.69 Å². The van der Waals surface area contributed by atoms with Crippen molar-refractivity contribution in [3.63, 3.8) is 0 Å². The summed E-state index contributed by atoms with van der Waals surface area (Å²) in [7, 11) is 2.92. The van der Waals surface area contributed by atoms with Gasteiger partial charge in [-0.1, -0.05) is 13.8 Å². The van der Waals surface area contributed by atoms with Gasteiger partial charge in [-0.2, -0.15) is 0 Å². The normalized spacial score (nSPS) is 10.0. The van der Waals surface area contributed by atoms with Crippen molar-refractivity contribution in [1.82, 2.24) is 0 Å². The van der Waals surface area contributed by atoms with Crippen LogP contribution in [0.25, 0.3) is 0 Å². The van der Waals surface area contributed by atoms with E-state index in [1.54, 1.807) is 7.11 Å². The molecule has 47 valence electrons. The minimum Gasteiger partial charge on any atom is -0.416 e. The van der Waals surface area contributed by atoms with Crippen LogP contribution in [0.2, 0.25) is 0 Å². The second-order valence-corrected chi connectivity index (χ2v) is 2.06. The summed E-state index contributed by atoms with van der Waals surface area (Å²) in [5.41, 5.74) is 0. The maximum Gasteiger partial charge on any atom is 0.487 e. The molecule has 0 aromatic carbocycles. The van der Waals surface area contributed by atoms with Crippen molar-refractivity contribution in [3.05, 3.63) is 0 Å². The second-order valence-electron chi connectivity index (χ2n) is 2.06. The summed E-state index contributed by atoms with van der Waals surface area (Å²) in [6.45, 7) is 4.90. The highest BCUT2D eigenvalue weighted by Gasteiger charge is 1.93. The van der Waals surface area contributed by atoms with E-state index in [2.05, 4.69) is 18.5 Å². The Hall–Kier alpha value is -0.0151. The van der Waals surface area contributed by atoms with Crippen LogP contribution in [0.3, 0.4) is 0 Å². The van der Waals surface area contributed by atoms with Gasteiger partial charge in [0, 0.05) is 13.7 Å². The summed E-state index contributed by atoms with van der Waals surface area (Å²) in [5, 5.41) is 0. The minimum atomic E-state index is 0.571. The van der Waals surface area contributed by atoms with Gasteiger partial charge in [0.25, 0.3) is 0 Å². The molecule has 0 aromatic rings. The maximum absolute atomic E-state index is 4.90. The van der Waals surface area contributed by atoms with E-state index in [1.807, 2.05) is 0 Å². The lowest BCUT2D eigenvalue weighted by Crippen LogP contribution is -2.07. The summed E-state index contributed by atoms with van der Waals surface area (Å²) < 4.78 is 9.44. The fraction of sp³-hybridized carbons (Fsp3) is 1.00. The van der Waals surface area contributed by atoms with Gasteiger partial charge in [-0.25, -0.2) is 0 Å². The maximum atomic E-state index is 4.90. The van der Waals surface area contributed by atoms with E-state index in [-0.39, 0.29) is 0 Å². The van der Waals surface area contributed by atoms with Crippen molar-refractivity contribution >= 4 is 7.69 Å². The first-order valence-corrected chi connectivity index (χ1v) is 2.73. The lowest BCUT2D eigenvalue weighted by atomic mass is 10.2. The quantitative estimate of drug-likeness (QED) is 0.399. The van der Waals surface area contributed by atoms with Crippen LogP contribution < -0.4 is 0 Å². The molecule has 3 heteroatoms. The van der Waals surface area contributed by atoms with Crippen molar-refractivity contribution < 1.29 is 9.31 Å². The molecule has 8 heavy (non-hydrogen) atoms. The molecule has 0 fully saturated rings. The largest absolute Gasteiger partial charge is 0.487 e. The van der Waals surface area contributed by atoms with Gasteiger partial charge in [0.1, 0.15) is 0 Å². The second kappa shape index (κ2) is 5.13. The van der Waals surface area contributed by atoms with Crippen molar-refractivity contribution in [2.75, 3.05) is 13.7 Å². The summed E-state index contributed by atoms with van der Waals surface area (Å²) in [6, 6.07) is 0. The molecular formula is C5H12BO2. The Morgan fingerprint density at radius 1 is 1.50 bits per heavy atom. The Morgan fingerprint density at radius 3 is 2.50 bits per heavy atom. The SMILES string of the molecule is CO[B]OCC(C)C. The Balaban J connectivity index is 2.72. The number of rotatable bonds is 4. The fourth-order valence-corrected chi connectivity index (χ4v) is 0.300. The minimum absolute atomic E-state index is 0.571. The average Bonchev–Trinajstić information content (AvgIpc) is 1.66. The fourth-order valence-electron chi connectivity index (χ4n) is 0.300. The monoisotopic (exact) mass is 115 g/mol. The van der Waals surface area contributed by atoms with Gasteiger partial charge in [0.15, 0.2) is 0 Å². The summed E-state index contributed by atoms with van der Waals surface area (Å²) in [6.07, 6.45) is 0. The molecule has 2 nitrogen and oxygen atoms in total. The van der Waals surface area contributed by atoms with Crippen molar-refractivity contribution in [2.45, 2.75) is 13.8 Å². The van der Waals surface area contributed by atoms with Gasteiger partial charge in [-0.05, 0) is 5.92 Å². The standard InChI is InChI=1S/C5H12BO2/c1-5(2)4-8-6-7-3/h5H,4H2,1-3H3. The highest BCUT2D eigenvalue weighted by Crippen LogP contribution is 1.89. The molecule has 0 spiro atoms. The third-order valence-electron chi connectivity index (χ3n) is 0.594. The van der Waals surface area contributed by atoms with Gasteiger partial charge in [-0.3, -0.25) is 0 Å². The summed E-state index contributed by atoms with van der Waals surface area (Å²) in [4.78, 5) is 0. The van der Waals surface area contributed by atoms with E-state index >= 15 is 0 Å². The van der Waals surface area contributed by atoms with Crippen molar-refractivity contribution in [2.24, 2.45) is 5.92 Å². The average molecular weight is 115 g/mol. The molecule has 0 bridgehead atoms. The molecule has 0 aliphatic rings. The van der Waals surface area contributed by atoms with Crippen LogP contribution in [-0.4, -0.2) is 21.4 Å². The molecule has 0 aromatic heterocycles. The van der Waals surface area contributed by atoms with Crippen molar-refractivity contribution in [3.8, 4) is 0 Å². The van der Waals surface area contributed by atoms with Crippen LogP contribution in [0.15, 0.2) is 0 Å². The van der Waals surface area contributed by atoms with Gasteiger partial charge >= 0.3 is 7.69 Å². The highest BCUT2D eigenvalue weighted by atomic mass is 16.6. The lowest BCUT2D eigenvalue weighted by Gasteiger charge is -2.02. The summed E-state index contributed by atoms with van der Waals surface area (Å²) >= 11 is 0. The highest BCUT2D eigenvalue weighted by molar-refractivity contribution is 6.17. The molecule has 0 N–H and O–H groups in total. The first-order chi connectivity index (χ1) is 3.77. The van der Waals surface area contributed by atoms with Crippen LogP contribution in [0.4, 0.5) is 0 Å². The van der Waals surface area contributed by atoms with Gasteiger partial charge in [-0.15, -0.1) is 0 Å². The van der Waals surface area contributed by atoms with E-state index in [0.717, 1.165) is 6.61 Å². The smallest absolute Gasteiger partial charge is 0.416 e. The molecular weight excluding hydrogens is 103 g/mol. The lowest BCUT2D eigenvalue weighted by molar-refractivity contribution is 0.226. The molecule has 0 rings (SSSR count).